The quantitative estimate of drug-likeness (QED) is 0.479. The summed E-state index contributed by atoms with van der Waals surface area (Å²) in [6.45, 7) is 4.66. The molecule has 4 heteroatoms. The summed E-state index contributed by atoms with van der Waals surface area (Å²) in [5.74, 6) is 1.03. The van der Waals surface area contributed by atoms with E-state index in [1.807, 2.05) is 0 Å². The van der Waals surface area contributed by atoms with Crippen LogP contribution in [0.3, 0.4) is 0 Å². The molecule has 0 fully saturated rings. The van der Waals surface area contributed by atoms with Crippen LogP contribution in [-0.2, 0) is 29.7 Å². The summed E-state index contributed by atoms with van der Waals surface area (Å²) in [5.41, 5.74) is 7.35. The molecule has 0 amide bonds. The zero-order valence-corrected chi connectivity index (χ0v) is 20.0. The third kappa shape index (κ3) is 3.74. The van der Waals surface area contributed by atoms with Crippen LogP contribution in [-0.4, -0.2) is 7.11 Å². The first kappa shape index (κ1) is 22.5. The van der Waals surface area contributed by atoms with Crippen molar-refractivity contribution < 1.29 is 52.8 Å². The molecule has 2 aromatic rings. The Kier molecular flexibility index (Phi) is 7.59. The average molecular weight is 479 g/mol. The number of hydrogen-bond donors (Lipinski definition) is 0. The maximum absolute atomic E-state index is 5.73. The van der Waals surface area contributed by atoms with Crippen LogP contribution in [0.15, 0.2) is 60.2 Å². The van der Waals surface area contributed by atoms with Crippen LogP contribution in [0.2, 0.25) is 3.12 Å². The predicted molar refractivity (Wildman–Crippen MR) is 101 cm³/mol. The zero-order valence-electron chi connectivity index (χ0n) is 16.0. The van der Waals surface area contributed by atoms with Gasteiger partial charge in [-0.2, -0.15) is 0 Å². The third-order valence-corrected chi connectivity index (χ3v) is 10.7. The Morgan fingerprint density at radius 2 is 1.85 bits per heavy atom. The topological polar surface area (TPSA) is 9.23 Å². The van der Waals surface area contributed by atoms with Crippen molar-refractivity contribution in [3.8, 4) is 16.9 Å². The normalized spacial score (nSPS) is 18.6. The fraction of sp³-hybridized carbons (Fsp3) is 0.304. The molecular formula is C23H24Cl2OZr. The van der Waals surface area contributed by atoms with Crippen molar-refractivity contribution >= 4 is 3.27 Å². The number of benzene rings is 2. The number of hydrogen-bond acceptors (Lipinski definition) is 1. The molecule has 0 bridgehead atoms. The first-order chi connectivity index (χ1) is 12.2. The van der Waals surface area contributed by atoms with Crippen LogP contribution in [0.1, 0.15) is 37.8 Å². The fourth-order valence-electron chi connectivity index (χ4n) is 4.31. The monoisotopic (exact) mass is 476 g/mol. The van der Waals surface area contributed by atoms with Crippen molar-refractivity contribution in [1.82, 2.24) is 0 Å². The smallest absolute Gasteiger partial charge is 1.00 e. The third-order valence-electron chi connectivity index (χ3n) is 5.70. The van der Waals surface area contributed by atoms with E-state index in [0.717, 1.165) is 12.2 Å². The molecule has 0 saturated heterocycles. The molecule has 1 nitrogen and oxygen atoms in total. The van der Waals surface area contributed by atoms with E-state index in [1.54, 1.807) is 16.0 Å². The number of rotatable bonds is 5. The first-order valence-corrected chi connectivity index (χ1v) is 11.6. The number of ether oxygens (including phenoxy) is 1. The molecule has 2 aliphatic rings. The van der Waals surface area contributed by atoms with E-state index in [9.17, 15) is 0 Å². The Morgan fingerprint density at radius 3 is 2.56 bits per heavy atom. The summed E-state index contributed by atoms with van der Waals surface area (Å²) in [7, 11) is 1.79. The molecule has 0 N–H and O–H groups in total. The van der Waals surface area contributed by atoms with Crippen LogP contribution in [0, 0.1) is 0 Å². The minimum Gasteiger partial charge on any atom is -1.00 e. The Labute approximate surface area is 186 Å². The van der Waals surface area contributed by atoms with Gasteiger partial charge in [0, 0.05) is 0 Å². The molecule has 2 aromatic carbocycles. The maximum Gasteiger partial charge on any atom is -1.00 e. The molecule has 27 heavy (non-hydrogen) atoms. The summed E-state index contributed by atoms with van der Waals surface area (Å²) in [6.07, 6.45) is 10.6. The number of allylic oxidation sites excluding steroid dienone is 4. The van der Waals surface area contributed by atoms with Crippen molar-refractivity contribution in [1.29, 1.82) is 0 Å². The van der Waals surface area contributed by atoms with Crippen LogP contribution in [0.25, 0.3) is 11.1 Å². The second-order valence-electron chi connectivity index (χ2n) is 6.86. The molecule has 140 valence electrons. The summed E-state index contributed by atoms with van der Waals surface area (Å²) in [5, 5.41) is 0. The van der Waals surface area contributed by atoms with Gasteiger partial charge in [-0.15, -0.1) is 0 Å². The van der Waals surface area contributed by atoms with Crippen LogP contribution < -0.4 is 32.8 Å². The Balaban J connectivity index is 0.00000131. The average Bonchev–Trinajstić information content (AvgIpc) is 3.24. The van der Waals surface area contributed by atoms with Crippen molar-refractivity contribution in [2.75, 3.05) is 7.11 Å². The van der Waals surface area contributed by atoms with Gasteiger partial charge < -0.3 is 24.8 Å². The zero-order chi connectivity index (χ0) is 17.4. The Bertz CT molecular complexity index is 888. The van der Waals surface area contributed by atoms with E-state index in [2.05, 4.69) is 68.5 Å². The molecular weight excluding hydrogens is 454 g/mol. The van der Waals surface area contributed by atoms with Gasteiger partial charge in [0.1, 0.15) is 0 Å². The molecule has 0 aliphatic heterocycles. The van der Waals surface area contributed by atoms with Gasteiger partial charge in [0.05, 0.1) is 0 Å². The van der Waals surface area contributed by atoms with Crippen LogP contribution >= 0.6 is 0 Å². The molecule has 0 radical (unpaired) electrons. The van der Waals surface area contributed by atoms with Gasteiger partial charge in [-0.05, 0) is 0 Å². The largest absolute Gasteiger partial charge is 1.00 e. The Morgan fingerprint density at radius 1 is 1.07 bits per heavy atom. The van der Waals surface area contributed by atoms with Gasteiger partial charge in [0.2, 0.25) is 0 Å². The standard InChI is InChI=1S/C14H11O.C9H13.2ClH.Zr/c1-15-13-8-4-6-11-9-10-5-2-3-7-12(10)14(11)13;1-3-8-6-5-7-9(8)4-2;;;/h2-5,7-8H,9H2,1H3;5-7H,3-4H2,1-2H3;2*1H;/q;;;;+2/p-2. The summed E-state index contributed by atoms with van der Waals surface area (Å²) < 4.78 is 7.72. The molecule has 0 aromatic heterocycles. The summed E-state index contributed by atoms with van der Waals surface area (Å²) in [6, 6.07) is 13.4. The van der Waals surface area contributed by atoms with Gasteiger partial charge in [0.15, 0.2) is 0 Å². The molecule has 0 heterocycles. The van der Waals surface area contributed by atoms with Crippen molar-refractivity contribution in [2.24, 2.45) is 0 Å². The number of fused-ring (bicyclic) bond motifs is 3. The van der Waals surface area contributed by atoms with E-state index in [-0.39, 0.29) is 24.8 Å². The van der Waals surface area contributed by atoms with Crippen molar-refractivity contribution in [3.05, 3.63) is 71.3 Å². The minimum atomic E-state index is -0.819. The second kappa shape index (κ2) is 9.12. The first-order valence-electron chi connectivity index (χ1n) is 9.17. The van der Waals surface area contributed by atoms with E-state index in [4.69, 9.17) is 4.74 Å². The van der Waals surface area contributed by atoms with Crippen LogP contribution in [0.5, 0.6) is 5.75 Å². The van der Waals surface area contributed by atoms with Crippen LogP contribution in [0.4, 0.5) is 0 Å². The van der Waals surface area contributed by atoms with E-state index < -0.39 is 23.2 Å². The molecule has 1 atom stereocenters. The van der Waals surface area contributed by atoms with Gasteiger partial charge in [-0.1, -0.05) is 0 Å². The summed E-state index contributed by atoms with van der Waals surface area (Å²) in [4.78, 5) is 0. The predicted octanol–water partition coefficient (Wildman–Crippen LogP) is -0.543. The van der Waals surface area contributed by atoms with E-state index >= 15 is 0 Å². The SMILES string of the molecule is CCC1=CC=C[C]1(CC)[Zr+2][c]1ccc(OC)c2c1Cc1ccccc1-2.[Cl-].[Cl-]. The minimum absolute atomic E-state index is 0. The van der Waals surface area contributed by atoms with Crippen molar-refractivity contribution in [3.63, 3.8) is 0 Å². The van der Waals surface area contributed by atoms with Gasteiger partial charge in [-0.3, -0.25) is 0 Å². The van der Waals surface area contributed by atoms with E-state index in [0.29, 0.717) is 3.12 Å². The number of methoxy groups -OCH3 is 1. The van der Waals surface area contributed by atoms with Gasteiger partial charge in [-0.25, -0.2) is 0 Å². The molecule has 2 aliphatic carbocycles. The molecule has 0 saturated carbocycles. The fourth-order valence-corrected chi connectivity index (χ4v) is 8.71. The summed E-state index contributed by atoms with van der Waals surface area (Å²) >= 11 is -0.819. The van der Waals surface area contributed by atoms with Gasteiger partial charge >= 0.3 is 163 Å². The second-order valence-corrected chi connectivity index (χ2v) is 11.0. The molecule has 4 rings (SSSR count). The van der Waals surface area contributed by atoms with E-state index in [1.165, 1.54) is 35.1 Å². The molecule has 0 spiro atoms. The maximum atomic E-state index is 5.73. The molecule has 1 unspecified atom stereocenters. The van der Waals surface area contributed by atoms with Gasteiger partial charge in [0.25, 0.3) is 0 Å². The Hall–Kier alpha value is -0.817. The number of halogens is 2. The van der Waals surface area contributed by atoms with Crippen molar-refractivity contribution in [2.45, 2.75) is 36.2 Å².